The van der Waals surface area contributed by atoms with Crippen LogP contribution in [0.15, 0.2) is 102 Å². The van der Waals surface area contributed by atoms with Crippen molar-refractivity contribution in [3.8, 4) is 28.4 Å². The fraction of sp³-hybridized carbons (Fsp3) is 0.489. The predicted octanol–water partition coefficient (Wildman–Crippen LogP) is 9.89. The SMILES string of the molecule is C=CCO[C@@]12Oc3ccc(Oc4ccc(-c5ccccc5)cc4)cc3[C@H]3[C@H](CCCCO)[C@@H](CCCCO)C=C(C(=NOC(C)(C)C)C[C@@H]1N(C)C(=O)OCCCl)[C@H]32. The zero-order valence-electron chi connectivity index (χ0n) is 34.3. The maximum Gasteiger partial charge on any atom is 0.410 e. The number of alkyl halides is 1. The smallest absolute Gasteiger partial charge is 0.410 e. The van der Waals surface area contributed by atoms with Crippen LogP contribution >= 0.6 is 11.6 Å². The maximum atomic E-state index is 13.7. The van der Waals surface area contributed by atoms with E-state index in [1.807, 2.05) is 63.2 Å². The van der Waals surface area contributed by atoms with Crippen LogP contribution in [0.5, 0.6) is 17.2 Å². The summed E-state index contributed by atoms with van der Waals surface area (Å²) in [5, 5.41) is 24.6. The van der Waals surface area contributed by atoms with Crippen LogP contribution < -0.4 is 9.47 Å². The first-order valence-electron chi connectivity index (χ1n) is 20.6. The number of hydrogen-bond acceptors (Lipinski definition) is 9. The number of aliphatic hydroxyl groups excluding tert-OH is 2. The maximum absolute atomic E-state index is 13.7. The van der Waals surface area contributed by atoms with Crippen LogP contribution in [0.1, 0.15) is 77.2 Å². The summed E-state index contributed by atoms with van der Waals surface area (Å²) in [5.41, 5.74) is 4.28. The molecule has 6 rings (SSSR count). The molecule has 2 N–H and O–H groups in total. The molecular weight excluding hydrogens is 756 g/mol. The van der Waals surface area contributed by atoms with Crippen molar-refractivity contribution < 1.29 is 38.8 Å². The minimum Gasteiger partial charge on any atom is -0.459 e. The molecule has 0 aromatic heterocycles. The highest BCUT2D eigenvalue weighted by molar-refractivity contribution is 6.18. The first-order valence-corrected chi connectivity index (χ1v) is 21.1. The van der Waals surface area contributed by atoms with Crippen LogP contribution in [0.3, 0.4) is 0 Å². The molecular formula is C47H59ClN2O8. The third-order valence-electron chi connectivity index (χ3n) is 11.3. The molecule has 0 spiro atoms. The molecule has 58 heavy (non-hydrogen) atoms. The largest absolute Gasteiger partial charge is 0.459 e. The van der Waals surface area contributed by atoms with Crippen molar-refractivity contribution in [2.75, 3.05) is 39.4 Å². The van der Waals surface area contributed by atoms with Gasteiger partial charge in [-0.05, 0) is 105 Å². The molecule has 3 aliphatic rings. The molecule has 0 bridgehead atoms. The van der Waals surface area contributed by atoms with Crippen molar-refractivity contribution in [2.24, 2.45) is 22.9 Å². The van der Waals surface area contributed by atoms with E-state index in [-0.39, 0.29) is 56.5 Å². The van der Waals surface area contributed by atoms with Crippen molar-refractivity contribution in [2.45, 2.75) is 89.1 Å². The molecule has 1 amide bonds. The first kappa shape index (κ1) is 43.2. The molecule has 0 saturated heterocycles. The number of unbranched alkanes of at least 4 members (excludes halogenated alkanes) is 2. The van der Waals surface area contributed by atoms with E-state index in [0.29, 0.717) is 35.8 Å². The zero-order chi connectivity index (χ0) is 41.3. The van der Waals surface area contributed by atoms with Gasteiger partial charge in [0.25, 0.3) is 0 Å². The number of carbonyl (C=O) groups is 1. The summed E-state index contributed by atoms with van der Waals surface area (Å²) >= 11 is 5.95. The fourth-order valence-electron chi connectivity index (χ4n) is 8.82. The second kappa shape index (κ2) is 19.6. The minimum absolute atomic E-state index is 0.0488. The van der Waals surface area contributed by atoms with E-state index in [2.05, 4.69) is 43.0 Å². The second-order valence-electron chi connectivity index (χ2n) is 16.4. The average Bonchev–Trinajstić information content (AvgIpc) is 3.22. The Morgan fingerprint density at radius 3 is 2.34 bits per heavy atom. The molecule has 1 saturated carbocycles. The Kier molecular flexibility index (Phi) is 14.6. The van der Waals surface area contributed by atoms with Gasteiger partial charge in [-0.2, -0.15) is 0 Å². The van der Waals surface area contributed by atoms with Gasteiger partial charge in [0.1, 0.15) is 35.5 Å². The average molecular weight is 815 g/mol. The van der Waals surface area contributed by atoms with Crippen LogP contribution in [0, 0.1) is 17.8 Å². The lowest BCUT2D eigenvalue weighted by atomic mass is 9.55. The van der Waals surface area contributed by atoms with E-state index in [4.69, 9.17) is 40.5 Å². The van der Waals surface area contributed by atoms with Gasteiger partial charge in [-0.3, -0.25) is 0 Å². The molecule has 1 heterocycles. The number of allylic oxidation sites excluding steroid dienone is 1. The molecule has 2 aliphatic carbocycles. The summed E-state index contributed by atoms with van der Waals surface area (Å²) in [4.78, 5) is 21.4. The third kappa shape index (κ3) is 9.74. The highest BCUT2D eigenvalue weighted by atomic mass is 35.5. The number of amides is 1. The van der Waals surface area contributed by atoms with E-state index in [9.17, 15) is 15.0 Å². The molecule has 312 valence electrons. The summed E-state index contributed by atoms with van der Waals surface area (Å²) < 4.78 is 26.3. The van der Waals surface area contributed by atoms with Crippen molar-refractivity contribution in [3.05, 3.63) is 103 Å². The predicted molar refractivity (Wildman–Crippen MR) is 228 cm³/mol. The normalized spacial score (nSPS) is 24.2. The van der Waals surface area contributed by atoms with E-state index in [0.717, 1.165) is 47.9 Å². The number of halogens is 1. The van der Waals surface area contributed by atoms with Crippen LogP contribution in [0.2, 0.25) is 0 Å². The lowest BCUT2D eigenvalue weighted by Gasteiger charge is -2.59. The van der Waals surface area contributed by atoms with Crippen LogP contribution in [0.25, 0.3) is 11.1 Å². The van der Waals surface area contributed by atoms with Crippen molar-refractivity contribution in [3.63, 3.8) is 0 Å². The molecule has 1 aliphatic heterocycles. The quantitative estimate of drug-likeness (QED) is 0.0564. The van der Waals surface area contributed by atoms with Gasteiger partial charge in [-0.25, -0.2) is 4.79 Å². The van der Waals surface area contributed by atoms with Gasteiger partial charge in [0.15, 0.2) is 0 Å². The van der Waals surface area contributed by atoms with Crippen LogP contribution in [-0.4, -0.2) is 83.7 Å². The second-order valence-corrected chi connectivity index (χ2v) is 16.8. The van der Waals surface area contributed by atoms with Gasteiger partial charge in [0.05, 0.1) is 24.1 Å². The van der Waals surface area contributed by atoms with Gasteiger partial charge in [0, 0.05) is 38.2 Å². The van der Waals surface area contributed by atoms with Gasteiger partial charge in [-0.15, -0.1) is 18.2 Å². The number of fused-ring (bicyclic) bond motifs is 2. The Labute approximate surface area is 348 Å². The summed E-state index contributed by atoms with van der Waals surface area (Å²) in [6.07, 6.45) is 8.41. The lowest BCUT2D eigenvalue weighted by molar-refractivity contribution is -0.253. The molecule has 3 aromatic rings. The number of ether oxygens (including phenoxy) is 4. The number of oxime groups is 1. The van der Waals surface area contributed by atoms with Gasteiger partial charge in [0.2, 0.25) is 5.79 Å². The number of benzene rings is 3. The topological polar surface area (TPSA) is 119 Å². The highest BCUT2D eigenvalue weighted by Gasteiger charge is 2.65. The van der Waals surface area contributed by atoms with E-state index in [1.165, 1.54) is 0 Å². The summed E-state index contributed by atoms with van der Waals surface area (Å²) in [7, 11) is 1.70. The molecule has 0 radical (unpaired) electrons. The Hall–Kier alpha value is -4.35. The Bertz CT molecular complexity index is 1890. The van der Waals surface area contributed by atoms with Gasteiger partial charge in [-0.1, -0.05) is 72.6 Å². The Morgan fingerprint density at radius 2 is 1.67 bits per heavy atom. The van der Waals surface area contributed by atoms with E-state index in [1.54, 1.807) is 18.0 Å². The first-order chi connectivity index (χ1) is 28.0. The van der Waals surface area contributed by atoms with Crippen molar-refractivity contribution in [1.82, 2.24) is 4.90 Å². The number of aliphatic hydroxyl groups is 2. The van der Waals surface area contributed by atoms with Crippen molar-refractivity contribution in [1.29, 1.82) is 0 Å². The molecule has 10 nitrogen and oxygen atoms in total. The lowest BCUT2D eigenvalue weighted by Crippen LogP contribution is -2.69. The molecule has 11 heteroatoms. The third-order valence-corrected chi connectivity index (χ3v) is 11.5. The number of hydrogen-bond donors (Lipinski definition) is 2. The van der Waals surface area contributed by atoms with Gasteiger partial charge >= 0.3 is 6.09 Å². The van der Waals surface area contributed by atoms with E-state index < -0.39 is 29.4 Å². The minimum atomic E-state index is -1.38. The number of nitrogens with zero attached hydrogens (tertiary/aromatic N) is 2. The molecule has 0 unspecified atom stereocenters. The Balaban J connectivity index is 1.52. The number of carbonyl (C=O) groups excluding carboxylic acids is 1. The summed E-state index contributed by atoms with van der Waals surface area (Å²) in [6, 6.07) is 23.5. The molecule has 3 aromatic carbocycles. The summed E-state index contributed by atoms with van der Waals surface area (Å²) in [6.45, 7) is 10.3. The number of likely N-dealkylation sites (N-methyl/N-ethyl adjacent to an activating group) is 1. The fourth-order valence-corrected chi connectivity index (χ4v) is 8.90. The van der Waals surface area contributed by atoms with Crippen LogP contribution in [-0.2, 0) is 14.3 Å². The molecule has 1 fully saturated rings. The highest BCUT2D eigenvalue weighted by Crippen LogP contribution is 2.62. The van der Waals surface area contributed by atoms with Gasteiger partial charge < -0.3 is 38.9 Å². The zero-order valence-corrected chi connectivity index (χ0v) is 35.0. The number of rotatable bonds is 18. The standard InChI is InChI=1S/C47H59ClN2O8/c1-6-27-55-47-42(50(5)45(53)54-28-24-48)31-40(49-58-46(2,3)4)38-29-34(16-10-12-25-51)37(17-11-13-26-52)43(44(38)47)39-30-36(22-23-41(39)57-47)56-35-20-18-33(19-21-35)32-14-8-7-9-15-32/h6-9,14-15,18-23,29-30,34,37,42-44,51-52H,1,10-13,16-17,24-28,31H2,2-5H3/t34-,37+,42-,43+,44+,47+/m0/s1. The van der Waals surface area contributed by atoms with E-state index >= 15 is 0 Å². The van der Waals surface area contributed by atoms with Crippen LogP contribution in [0.4, 0.5) is 4.79 Å². The Morgan fingerprint density at radius 1 is 0.983 bits per heavy atom. The molecule has 6 atom stereocenters. The monoisotopic (exact) mass is 814 g/mol. The van der Waals surface area contributed by atoms with Crippen molar-refractivity contribution >= 4 is 23.4 Å². The summed E-state index contributed by atoms with van der Waals surface area (Å²) in [5.74, 6) is 0.318.